The molecule has 1 aromatic carbocycles. The molecule has 122 valence electrons. The quantitative estimate of drug-likeness (QED) is 0.671. The van der Waals surface area contributed by atoms with E-state index in [0.29, 0.717) is 12.5 Å². The molecule has 1 aliphatic carbocycles. The minimum Gasteiger partial charge on any atom is -0.481 e. The SMILES string of the molecule is O=C(O)[C@H]1CN(C(=O)c2ccc(Cl)cc2[N+](=O)[O-])C[C@@H]1C1CC1. The highest BCUT2D eigenvalue weighted by Gasteiger charge is 2.47. The van der Waals surface area contributed by atoms with Crippen LogP contribution in [0.4, 0.5) is 5.69 Å². The van der Waals surface area contributed by atoms with Crippen molar-refractivity contribution in [1.82, 2.24) is 4.90 Å². The van der Waals surface area contributed by atoms with Crippen LogP contribution in [0.15, 0.2) is 18.2 Å². The van der Waals surface area contributed by atoms with Gasteiger partial charge >= 0.3 is 5.97 Å². The number of amides is 1. The van der Waals surface area contributed by atoms with Crippen LogP contribution in [0.25, 0.3) is 0 Å². The Labute approximate surface area is 137 Å². The first-order chi connectivity index (χ1) is 10.9. The number of hydrogen-bond acceptors (Lipinski definition) is 4. The number of nitro groups is 1. The zero-order valence-electron chi connectivity index (χ0n) is 12.1. The van der Waals surface area contributed by atoms with Crippen LogP contribution < -0.4 is 0 Å². The average molecular weight is 339 g/mol. The Balaban J connectivity index is 1.86. The summed E-state index contributed by atoms with van der Waals surface area (Å²) in [5.41, 5.74) is -0.413. The normalized spacial score (nSPS) is 23.8. The molecule has 1 aromatic rings. The molecule has 8 heteroatoms. The van der Waals surface area contributed by atoms with Gasteiger partial charge in [0.1, 0.15) is 5.56 Å². The van der Waals surface area contributed by atoms with Gasteiger partial charge in [0, 0.05) is 24.2 Å². The van der Waals surface area contributed by atoms with E-state index in [0.717, 1.165) is 18.9 Å². The van der Waals surface area contributed by atoms with E-state index in [1.807, 2.05) is 0 Å². The van der Waals surface area contributed by atoms with Crippen LogP contribution in [0.3, 0.4) is 0 Å². The van der Waals surface area contributed by atoms with Crippen LogP contribution in [0.1, 0.15) is 23.2 Å². The standard InChI is InChI=1S/C15H15ClN2O5/c16-9-3-4-10(13(5-9)18(22)23)14(19)17-6-11(8-1-2-8)12(7-17)15(20)21/h3-5,8,11-12H,1-2,6-7H2,(H,20,21)/t11-,12+/m1/s1. The number of hydrogen-bond donors (Lipinski definition) is 1. The second-order valence-corrected chi connectivity index (χ2v) is 6.51. The van der Waals surface area contributed by atoms with Crippen molar-refractivity contribution in [2.45, 2.75) is 12.8 Å². The smallest absolute Gasteiger partial charge is 0.308 e. The lowest BCUT2D eigenvalue weighted by atomic mass is 9.92. The van der Waals surface area contributed by atoms with Gasteiger partial charge in [-0.3, -0.25) is 19.7 Å². The molecule has 2 atom stereocenters. The van der Waals surface area contributed by atoms with E-state index in [-0.39, 0.29) is 28.7 Å². The van der Waals surface area contributed by atoms with Crippen molar-refractivity contribution in [1.29, 1.82) is 0 Å². The van der Waals surface area contributed by atoms with Crippen LogP contribution in [-0.4, -0.2) is 39.9 Å². The lowest BCUT2D eigenvalue weighted by molar-refractivity contribution is -0.385. The molecule has 0 aromatic heterocycles. The summed E-state index contributed by atoms with van der Waals surface area (Å²) in [6, 6.07) is 3.88. The number of rotatable bonds is 4. The Morgan fingerprint density at radius 1 is 1.30 bits per heavy atom. The van der Waals surface area contributed by atoms with Crippen molar-refractivity contribution in [3.63, 3.8) is 0 Å². The van der Waals surface area contributed by atoms with E-state index < -0.39 is 22.7 Å². The largest absolute Gasteiger partial charge is 0.481 e. The summed E-state index contributed by atoms with van der Waals surface area (Å²) in [5.74, 6) is -1.75. The zero-order chi connectivity index (χ0) is 16.7. The minimum atomic E-state index is -0.914. The maximum atomic E-state index is 12.6. The summed E-state index contributed by atoms with van der Waals surface area (Å²) in [6.07, 6.45) is 1.97. The lowest BCUT2D eigenvalue weighted by Gasteiger charge is -2.16. The molecule has 0 bridgehead atoms. The van der Waals surface area contributed by atoms with Crippen LogP contribution in [0.2, 0.25) is 5.02 Å². The third kappa shape index (κ3) is 3.01. The molecule has 0 radical (unpaired) electrons. The number of carbonyl (C=O) groups excluding carboxylic acids is 1. The molecule has 2 aliphatic rings. The van der Waals surface area contributed by atoms with E-state index in [1.165, 1.54) is 17.0 Å². The van der Waals surface area contributed by atoms with Gasteiger partial charge in [-0.2, -0.15) is 0 Å². The first-order valence-electron chi connectivity index (χ1n) is 7.34. The van der Waals surface area contributed by atoms with Gasteiger partial charge in [-0.05, 0) is 36.8 Å². The highest BCUT2D eigenvalue weighted by Crippen LogP contribution is 2.44. The molecule has 3 rings (SSSR count). The summed E-state index contributed by atoms with van der Waals surface area (Å²) in [7, 11) is 0. The van der Waals surface area contributed by atoms with Crippen LogP contribution in [0.5, 0.6) is 0 Å². The number of halogens is 1. The fourth-order valence-corrected chi connectivity index (χ4v) is 3.43. The van der Waals surface area contributed by atoms with E-state index in [1.54, 1.807) is 0 Å². The van der Waals surface area contributed by atoms with Crippen LogP contribution in [-0.2, 0) is 4.79 Å². The van der Waals surface area contributed by atoms with Gasteiger partial charge in [0.15, 0.2) is 0 Å². The van der Waals surface area contributed by atoms with Gasteiger partial charge in [-0.25, -0.2) is 0 Å². The zero-order valence-corrected chi connectivity index (χ0v) is 12.9. The van der Waals surface area contributed by atoms with Gasteiger partial charge in [0.25, 0.3) is 11.6 Å². The Morgan fingerprint density at radius 2 is 2.00 bits per heavy atom. The molecule has 1 saturated carbocycles. The number of aliphatic carboxylic acids is 1. The molecule has 0 spiro atoms. The van der Waals surface area contributed by atoms with E-state index in [2.05, 4.69) is 0 Å². The Kier molecular flexibility index (Phi) is 3.97. The number of nitro benzene ring substituents is 1. The van der Waals surface area contributed by atoms with Crippen molar-refractivity contribution in [3.8, 4) is 0 Å². The van der Waals surface area contributed by atoms with Crippen molar-refractivity contribution >= 4 is 29.2 Å². The summed E-state index contributed by atoms with van der Waals surface area (Å²) >= 11 is 5.76. The highest BCUT2D eigenvalue weighted by molar-refractivity contribution is 6.31. The third-order valence-electron chi connectivity index (χ3n) is 4.58. The van der Waals surface area contributed by atoms with Gasteiger partial charge in [-0.15, -0.1) is 0 Å². The molecule has 2 fully saturated rings. The number of carboxylic acids is 1. The van der Waals surface area contributed by atoms with E-state index in [4.69, 9.17) is 11.6 Å². The second-order valence-electron chi connectivity index (χ2n) is 6.07. The maximum Gasteiger partial charge on any atom is 0.308 e. The molecule has 1 amide bonds. The number of likely N-dealkylation sites (tertiary alicyclic amines) is 1. The molecule has 1 aliphatic heterocycles. The fourth-order valence-electron chi connectivity index (χ4n) is 3.27. The van der Waals surface area contributed by atoms with Gasteiger partial charge in [0.2, 0.25) is 0 Å². The molecule has 1 N–H and O–H groups in total. The Bertz CT molecular complexity index is 688. The number of nitrogens with zero attached hydrogens (tertiary/aromatic N) is 2. The van der Waals surface area contributed by atoms with Gasteiger partial charge < -0.3 is 10.0 Å². The first kappa shape index (κ1) is 15.7. The van der Waals surface area contributed by atoms with Gasteiger partial charge in [-0.1, -0.05) is 11.6 Å². The number of carboxylic acid groups (broad SMARTS) is 1. The van der Waals surface area contributed by atoms with Gasteiger partial charge in [0.05, 0.1) is 10.8 Å². The molecular formula is C15H15ClN2O5. The van der Waals surface area contributed by atoms with Crippen LogP contribution in [0, 0.1) is 27.9 Å². The predicted molar refractivity (Wildman–Crippen MR) is 81.3 cm³/mol. The second kappa shape index (κ2) is 5.81. The molecule has 7 nitrogen and oxygen atoms in total. The first-order valence-corrected chi connectivity index (χ1v) is 7.72. The fraction of sp³-hybridized carbons (Fsp3) is 0.467. The molecule has 1 saturated heterocycles. The summed E-state index contributed by atoms with van der Waals surface area (Å²) in [4.78, 5) is 35.9. The summed E-state index contributed by atoms with van der Waals surface area (Å²) < 4.78 is 0. The van der Waals surface area contributed by atoms with Crippen molar-refractivity contribution in [3.05, 3.63) is 38.9 Å². The lowest BCUT2D eigenvalue weighted by Crippen LogP contribution is -2.30. The van der Waals surface area contributed by atoms with Crippen molar-refractivity contribution in [2.75, 3.05) is 13.1 Å². The molecule has 23 heavy (non-hydrogen) atoms. The summed E-state index contributed by atoms with van der Waals surface area (Å²) in [6.45, 7) is 0.426. The van der Waals surface area contributed by atoms with E-state index >= 15 is 0 Å². The monoisotopic (exact) mass is 338 g/mol. The Morgan fingerprint density at radius 3 is 2.57 bits per heavy atom. The van der Waals surface area contributed by atoms with Crippen molar-refractivity contribution < 1.29 is 19.6 Å². The molecule has 0 unspecified atom stereocenters. The topological polar surface area (TPSA) is 101 Å². The average Bonchev–Trinajstić information content (AvgIpc) is 3.24. The van der Waals surface area contributed by atoms with Crippen molar-refractivity contribution in [2.24, 2.45) is 17.8 Å². The molecular weight excluding hydrogens is 324 g/mol. The maximum absolute atomic E-state index is 12.6. The third-order valence-corrected chi connectivity index (χ3v) is 4.82. The van der Waals surface area contributed by atoms with E-state index in [9.17, 15) is 24.8 Å². The van der Waals surface area contributed by atoms with Crippen LogP contribution >= 0.6 is 11.6 Å². The Hall–Kier alpha value is -2.15. The highest BCUT2D eigenvalue weighted by atomic mass is 35.5. The number of benzene rings is 1. The summed E-state index contributed by atoms with van der Waals surface area (Å²) in [5, 5.41) is 20.7. The number of carbonyl (C=O) groups is 2. The minimum absolute atomic E-state index is 0.0556. The molecule has 1 heterocycles. The predicted octanol–water partition coefficient (Wildman–Crippen LogP) is 2.43.